The summed E-state index contributed by atoms with van der Waals surface area (Å²) in [6, 6.07) is 77.7. The smallest absolute Gasteiger partial charge is 0.408 e. The monoisotopic (exact) mass is 2060 g/mol. The van der Waals surface area contributed by atoms with E-state index < -0.39 is 155 Å². The average Bonchev–Trinajstić information content (AvgIpc) is 1.62. The van der Waals surface area contributed by atoms with Gasteiger partial charge in [0.25, 0.3) is 10.0 Å². The maximum absolute atomic E-state index is 16.0. The molecule has 0 heterocycles. The third-order valence-electron chi connectivity index (χ3n) is 25.8. The molecule has 10 N–H and O–H groups in total. The Morgan fingerprint density at radius 1 is 0.425 bits per heavy atom. The molecule has 0 saturated heterocycles. The van der Waals surface area contributed by atoms with E-state index in [-0.39, 0.29) is 133 Å². The third-order valence-corrected chi connectivity index (χ3v) is 27.9. The number of alkyl carbamates (subject to hydrolysis) is 3. The number of ketones is 3. The fraction of sp³-hybridized carbons (Fsp3) is 0.330. The summed E-state index contributed by atoms with van der Waals surface area (Å²) in [4.78, 5) is 174. The molecule has 0 radical (unpaired) electrons. The lowest BCUT2D eigenvalue weighted by molar-refractivity contribution is -0.146. The van der Waals surface area contributed by atoms with Crippen molar-refractivity contribution >= 4 is 114 Å². The van der Waals surface area contributed by atoms with E-state index in [2.05, 4.69) is 63.2 Å². The lowest BCUT2D eigenvalue weighted by Crippen LogP contribution is -2.54. The number of rotatable bonds is 53. The number of hydrogen-bond acceptors (Lipinski definition) is 20. The Balaban J connectivity index is 0.750. The standard InChI is InChI=1S/C115H125BrN10O19S/c1-75-47-56-89(57-48-75)146(139,140)126-111(117)118-61-27-46-101(104(129)68-85(63-79-49-52-80-32-11-12-33-81(80)62-79)107(132)121-69-87(128)66-83(53-58-106(131)142-71-78-30-9-6-10-31-78)108(133)122-86(70-127)36-24-26-60-120-113(137)144-74-99-96-43-20-16-39-92(96)93-40-17-21-44-97(93)99)123-109(134)82(34-23-25-59-119-112(136)143-73-98-94-41-18-14-37-90(94)91-38-15-19-42-95(91)98)67-105(130)102(64-77-50-54-88(55-51-77)141-72-84-35-13-22-45-100(84)116)124-110(135)103(65-76-28-7-5-8-29-76)125-114(138)145-115(2,3)4/h5-22,28-33,35,37-45,47-52,54-57,62,70,82-83,85-86,98-99,101-103H,23-27,34,36,46,53,58-61,63-69,71-74H2,1-4H3,(H,119,136)(H,120,137)(H,121,132)(H,122,133)(H,123,134)(H,124,135)(H,125,138)(H3,117,118,126)/t82-,83+,85-,86+,101-,102+,103+/m1/s1. The van der Waals surface area contributed by atoms with Gasteiger partial charge < -0.3 is 71.0 Å². The number of benzene rings is 11. The Morgan fingerprint density at radius 3 is 1.52 bits per heavy atom. The van der Waals surface area contributed by atoms with Crippen LogP contribution in [0.2, 0.25) is 0 Å². The minimum atomic E-state index is -4.28. The number of carbonyl (C=O) groups excluding carboxylic acids is 12. The number of nitrogens with one attached hydrogen (secondary N) is 10. The van der Waals surface area contributed by atoms with E-state index in [9.17, 15) is 42.0 Å². The molecule has 0 aliphatic heterocycles. The van der Waals surface area contributed by atoms with E-state index in [0.29, 0.717) is 47.1 Å². The van der Waals surface area contributed by atoms with Gasteiger partial charge in [0, 0.05) is 91.4 Å². The molecular weight excluding hydrogens is 1940 g/mol. The van der Waals surface area contributed by atoms with Crippen molar-refractivity contribution in [2.24, 2.45) is 17.8 Å². The van der Waals surface area contributed by atoms with Crippen molar-refractivity contribution < 1.29 is 89.6 Å². The summed E-state index contributed by atoms with van der Waals surface area (Å²) in [6.07, 6.45) is -3.38. The van der Waals surface area contributed by atoms with Crippen molar-refractivity contribution in [2.45, 2.75) is 190 Å². The Labute approximate surface area is 859 Å². The van der Waals surface area contributed by atoms with Crippen molar-refractivity contribution in [3.05, 3.63) is 333 Å². The van der Waals surface area contributed by atoms with Gasteiger partial charge in [-0.25, -0.2) is 27.5 Å². The van der Waals surface area contributed by atoms with E-state index in [4.69, 9.17) is 29.1 Å². The molecule has 2 aliphatic carbocycles. The summed E-state index contributed by atoms with van der Waals surface area (Å²) in [7, 11) is -4.28. The normalized spacial score (nSPS) is 13.4. The quantitative estimate of drug-likeness (QED) is 0.00423. The maximum Gasteiger partial charge on any atom is 0.408 e. The highest BCUT2D eigenvalue weighted by molar-refractivity contribution is 9.10. The van der Waals surface area contributed by atoms with Crippen LogP contribution in [0.15, 0.2) is 282 Å². The van der Waals surface area contributed by atoms with Crippen molar-refractivity contribution in [2.75, 3.05) is 39.4 Å². The van der Waals surface area contributed by atoms with Crippen LogP contribution in [0.5, 0.6) is 5.75 Å². The van der Waals surface area contributed by atoms with Gasteiger partial charge in [0.05, 0.1) is 29.6 Å². The minimum Gasteiger partial charge on any atom is -0.489 e. The summed E-state index contributed by atoms with van der Waals surface area (Å²) < 4.78 is 59.3. The van der Waals surface area contributed by atoms with E-state index in [1.165, 1.54) is 12.1 Å². The molecule has 7 atom stereocenters. The number of Topliss-reactive ketones (excluding diaryl/α,β-unsaturated/α-hetero) is 3. The molecule has 11 aromatic carbocycles. The van der Waals surface area contributed by atoms with E-state index in [0.717, 1.165) is 70.9 Å². The molecule has 2 aliphatic rings. The Bertz CT molecular complexity index is 6440. The SMILES string of the molecule is Cc1ccc(S(=O)(=O)NC(=N)NCCC[C@@H](NC(=O)[C@H](CCCCNC(=O)OCC2c3ccccc3-c3ccccc32)CC(=O)[C@H](Cc2ccc(OCc3ccccc3Br)cc2)NC(=O)[C@H](Cc2ccccc2)NC(=O)OC(C)(C)C)C(=O)C[C@@H](Cc2ccc3ccccc3c2)C(=O)NCC(=O)C[C@H](CCC(=O)OCc2ccccc2)C(=O)N[C@H](C=O)CCCCNC(=O)OCC2c3ccccc3-c3ccccc32)cc1. The predicted molar refractivity (Wildman–Crippen MR) is 560 cm³/mol. The van der Waals surface area contributed by atoms with E-state index >= 15 is 24.0 Å². The number of carbonyl (C=O) groups is 12. The fourth-order valence-electron chi connectivity index (χ4n) is 18.1. The van der Waals surface area contributed by atoms with Crippen LogP contribution in [0.4, 0.5) is 14.4 Å². The topological polar surface area (TPSA) is 417 Å². The number of fused-ring (bicyclic) bond motifs is 7. The van der Waals surface area contributed by atoms with Crippen molar-refractivity contribution in [1.82, 2.24) is 47.3 Å². The summed E-state index contributed by atoms with van der Waals surface area (Å²) in [5.41, 5.74) is 11.6. The first-order chi connectivity index (χ1) is 70.5. The van der Waals surface area contributed by atoms with Crippen LogP contribution in [-0.4, -0.2) is 155 Å². The van der Waals surface area contributed by atoms with Crippen molar-refractivity contribution in [1.29, 1.82) is 5.41 Å². The van der Waals surface area contributed by atoms with Crippen molar-refractivity contribution in [3.63, 3.8) is 0 Å². The highest BCUT2D eigenvalue weighted by atomic mass is 79.9. The fourth-order valence-corrected chi connectivity index (χ4v) is 19.5. The molecule has 0 spiro atoms. The molecule has 0 fully saturated rings. The summed E-state index contributed by atoms with van der Waals surface area (Å²) in [5, 5.41) is 32.9. The summed E-state index contributed by atoms with van der Waals surface area (Å²) in [6.45, 7) is 6.43. The van der Waals surface area contributed by atoms with Crippen LogP contribution < -0.4 is 52.0 Å². The highest BCUT2D eigenvalue weighted by Crippen LogP contribution is 2.46. The van der Waals surface area contributed by atoms with Gasteiger partial charge in [0.2, 0.25) is 29.6 Å². The molecule has 0 bridgehead atoms. The zero-order chi connectivity index (χ0) is 103. The van der Waals surface area contributed by atoms with Gasteiger partial charge in [-0.15, -0.1) is 0 Å². The van der Waals surface area contributed by atoms with Crippen LogP contribution in [0, 0.1) is 30.1 Å². The zero-order valence-corrected chi connectivity index (χ0v) is 84.7. The molecule has 7 amide bonds. The number of halogens is 1. The first kappa shape index (κ1) is 108. The van der Waals surface area contributed by atoms with Crippen LogP contribution >= 0.6 is 15.9 Å². The second-order valence-corrected chi connectivity index (χ2v) is 40.3. The number of sulfonamides is 1. The summed E-state index contributed by atoms with van der Waals surface area (Å²) in [5.74, 6) is -10.2. The molecule has 29 nitrogen and oxygen atoms in total. The van der Waals surface area contributed by atoms with Gasteiger partial charge >= 0.3 is 24.2 Å². The van der Waals surface area contributed by atoms with Crippen LogP contribution in [0.1, 0.15) is 172 Å². The van der Waals surface area contributed by atoms with Gasteiger partial charge in [-0.1, -0.05) is 271 Å². The zero-order valence-electron chi connectivity index (χ0n) is 82.3. The number of unbranched alkanes of at least 4 members (excludes halogenated alkanes) is 2. The van der Waals surface area contributed by atoms with Gasteiger partial charge in [-0.3, -0.25) is 43.8 Å². The molecule has 762 valence electrons. The molecule has 11 aromatic rings. The Morgan fingerprint density at radius 2 is 0.925 bits per heavy atom. The second-order valence-electron chi connectivity index (χ2n) is 37.8. The van der Waals surface area contributed by atoms with Gasteiger partial charge in [-0.05, 0) is 200 Å². The molecular formula is C115H125BrN10O19S. The number of aryl methyl sites for hydroxylation is 1. The second kappa shape index (κ2) is 53.6. The largest absolute Gasteiger partial charge is 0.489 e. The van der Waals surface area contributed by atoms with Gasteiger partial charge in [0.1, 0.15) is 50.1 Å². The Kier molecular flexibility index (Phi) is 39.7. The first-order valence-electron chi connectivity index (χ1n) is 49.4. The Hall–Kier alpha value is -15.0. The highest BCUT2D eigenvalue weighted by Gasteiger charge is 2.38. The number of guanidine groups is 1. The van der Waals surface area contributed by atoms with E-state index in [1.54, 1.807) is 131 Å². The first-order valence-corrected chi connectivity index (χ1v) is 51.7. The number of aldehydes is 1. The van der Waals surface area contributed by atoms with Gasteiger partial charge in [0.15, 0.2) is 17.3 Å². The van der Waals surface area contributed by atoms with Crippen LogP contribution in [0.25, 0.3) is 33.0 Å². The average molecular weight is 2060 g/mol. The minimum absolute atomic E-state index is 0.0304. The molecule has 146 heavy (non-hydrogen) atoms. The maximum atomic E-state index is 16.0. The third kappa shape index (κ3) is 32.5. The van der Waals surface area contributed by atoms with Crippen LogP contribution in [0.3, 0.4) is 0 Å². The van der Waals surface area contributed by atoms with E-state index in [1.807, 2.05) is 158 Å². The number of amides is 7. The summed E-state index contributed by atoms with van der Waals surface area (Å²) >= 11 is 3.58. The van der Waals surface area contributed by atoms with Crippen LogP contribution in [-0.2, 0) is 105 Å². The number of ether oxygens (including phenoxy) is 5. The molecule has 0 unspecified atom stereocenters. The van der Waals surface area contributed by atoms with Gasteiger partial charge in [-0.2, -0.15) is 0 Å². The molecule has 0 saturated carbocycles. The lowest BCUT2D eigenvalue weighted by atomic mass is 9.88. The molecule has 31 heteroatoms. The number of hydrogen-bond donors (Lipinski definition) is 10. The lowest BCUT2D eigenvalue weighted by Gasteiger charge is -2.27. The molecule has 13 rings (SSSR count). The number of esters is 1. The predicted octanol–water partition coefficient (Wildman–Crippen LogP) is 17.1. The van der Waals surface area contributed by atoms with Crippen molar-refractivity contribution in [3.8, 4) is 28.0 Å². The molecule has 0 aromatic heterocycles.